The molecular formula is C20H27BrNO5PS. The van der Waals surface area contributed by atoms with Gasteiger partial charge in [-0.1, -0.05) is 0 Å². The van der Waals surface area contributed by atoms with Crippen molar-refractivity contribution in [3.63, 3.8) is 0 Å². The van der Waals surface area contributed by atoms with Gasteiger partial charge in [0.05, 0.1) is 31.2 Å². The van der Waals surface area contributed by atoms with Gasteiger partial charge in [-0.2, -0.15) is 0 Å². The Balaban J connectivity index is 2.09. The molecule has 0 amide bonds. The number of hydrogen-bond donors (Lipinski definition) is 0. The number of ether oxygens (including phenoxy) is 2. The summed E-state index contributed by atoms with van der Waals surface area (Å²) < 4.78 is 37.6. The second-order valence-corrected chi connectivity index (χ2v) is 11.2. The lowest BCUT2D eigenvalue weighted by atomic mass is 10.1. The van der Waals surface area contributed by atoms with Gasteiger partial charge in [-0.3, -0.25) is 9.46 Å². The number of rotatable bonds is 9. The number of nitrogens with zero attached hydrogens (tertiary/aromatic N) is 1. The van der Waals surface area contributed by atoms with Crippen LogP contribution in [0, 0.1) is 0 Å². The second kappa shape index (κ2) is 9.94. The van der Waals surface area contributed by atoms with E-state index in [2.05, 4.69) is 26.9 Å². The molecule has 2 aromatic rings. The third kappa shape index (κ3) is 4.89. The highest BCUT2D eigenvalue weighted by atomic mass is 79.9. The van der Waals surface area contributed by atoms with Crippen LogP contribution >= 0.6 is 34.9 Å². The summed E-state index contributed by atoms with van der Waals surface area (Å²) in [4.78, 5) is 3.54. The van der Waals surface area contributed by atoms with Crippen LogP contribution in [-0.4, -0.2) is 38.9 Å². The highest BCUT2D eigenvalue weighted by Crippen LogP contribution is 2.64. The third-order valence-corrected chi connectivity index (χ3v) is 9.03. The Morgan fingerprint density at radius 3 is 2.52 bits per heavy atom. The minimum Gasteiger partial charge on any atom is -0.497 e. The van der Waals surface area contributed by atoms with Crippen molar-refractivity contribution in [3.05, 3.63) is 44.1 Å². The van der Waals surface area contributed by atoms with E-state index in [1.165, 1.54) is 10.4 Å². The van der Waals surface area contributed by atoms with Crippen molar-refractivity contribution in [2.24, 2.45) is 0 Å². The molecule has 1 unspecified atom stereocenters. The standard InChI is InChI=1S/C20H27BrNO5PS/c1-5-26-28(23,27-6-2)20(16-8-7-15(24-3)12-17(16)25-4)22-10-9-18-14(13-22)11-19(21)29-18/h7-8,11-12,20H,5-6,9-10,13H2,1-4H3. The zero-order valence-corrected chi connectivity index (χ0v) is 20.4. The molecule has 0 saturated carbocycles. The van der Waals surface area contributed by atoms with Gasteiger partial charge in [0, 0.05) is 29.6 Å². The molecule has 2 heterocycles. The number of benzene rings is 1. The number of fused-ring (bicyclic) bond motifs is 1. The monoisotopic (exact) mass is 503 g/mol. The molecule has 29 heavy (non-hydrogen) atoms. The van der Waals surface area contributed by atoms with Crippen molar-refractivity contribution in [2.45, 2.75) is 32.6 Å². The van der Waals surface area contributed by atoms with E-state index in [1.54, 1.807) is 31.6 Å². The minimum absolute atomic E-state index is 0.301. The highest BCUT2D eigenvalue weighted by Gasteiger charge is 2.44. The smallest absolute Gasteiger partial charge is 0.352 e. The van der Waals surface area contributed by atoms with Crippen LogP contribution in [-0.2, 0) is 26.6 Å². The average molecular weight is 504 g/mol. The van der Waals surface area contributed by atoms with Gasteiger partial charge in [-0.25, -0.2) is 0 Å². The fourth-order valence-electron chi connectivity index (χ4n) is 3.66. The number of halogens is 1. The van der Waals surface area contributed by atoms with Crippen LogP contribution in [0.4, 0.5) is 0 Å². The first-order chi connectivity index (χ1) is 14.0. The maximum absolute atomic E-state index is 14.0. The molecule has 6 nitrogen and oxygen atoms in total. The maximum atomic E-state index is 14.0. The maximum Gasteiger partial charge on any atom is 0.352 e. The molecule has 1 aromatic carbocycles. The molecule has 0 fully saturated rings. The summed E-state index contributed by atoms with van der Waals surface area (Å²) in [6.45, 7) is 5.69. The zero-order valence-electron chi connectivity index (χ0n) is 17.1. The SMILES string of the molecule is CCOP(=O)(OCC)C(c1ccc(OC)cc1OC)N1CCc2sc(Br)cc2C1. The Labute approximate surface area is 184 Å². The fraction of sp³-hybridized carbons (Fsp3) is 0.500. The van der Waals surface area contributed by atoms with Crippen molar-refractivity contribution < 1.29 is 23.1 Å². The molecule has 3 rings (SSSR count). The molecule has 0 radical (unpaired) electrons. The number of methoxy groups -OCH3 is 2. The fourth-order valence-corrected chi connectivity index (χ4v) is 7.64. The van der Waals surface area contributed by atoms with Crippen LogP contribution in [0.5, 0.6) is 11.5 Å². The Bertz CT molecular complexity index is 880. The van der Waals surface area contributed by atoms with E-state index in [4.69, 9.17) is 18.5 Å². The molecule has 9 heteroatoms. The summed E-state index contributed by atoms with van der Waals surface area (Å²) in [7, 11) is -0.280. The predicted octanol–water partition coefficient (Wildman–Crippen LogP) is 5.85. The molecule has 0 N–H and O–H groups in total. The van der Waals surface area contributed by atoms with Gasteiger partial charge < -0.3 is 18.5 Å². The van der Waals surface area contributed by atoms with Gasteiger partial charge in [0.15, 0.2) is 0 Å². The third-order valence-electron chi connectivity index (χ3n) is 4.85. The number of hydrogen-bond acceptors (Lipinski definition) is 7. The van der Waals surface area contributed by atoms with E-state index in [0.717, 1.165) is 22.3 Å². The molecule has 1 aromatic heterocycles. The van der Waals surface area contributed by atoms with Crippen molar-refractivity contribution >= 4 is 34.9 Å². The average Bonchev–Trinajstić information content (AvgIpc) is 3.08. The molecule has 160 valence electrons. The Morgan fingerprint density at radius 1 is 1.17 bits per heavy atom. The lowest BCUT2D eigenvalue weighted by molar-refractivity contribution is 0.153. The first-order valence-electron chi connectivity index (χ1n) is 9.57. The molecule has 1 aliphatic rings. The van der Waals surface area contributed by atoms with Crippen LogP contribution in [0.1, 0.15) is 35.6 Å². The van der Waals surface area contributed by atoms with Gasteiger partial charge in [0.25, 0.3) is 0 Å². The summed E-state index contributed by atoms with van der Waals surface area (Å²) >= 11 is 5.34. The molecule has 1 atom stereocenters. The Kier molecular flexibility index (Phi) is 7.81. The van der Waals surface area contributed by atoms with Crippen LogP contribution in [0.2, 0.25) is 0 Å². The van der Waals surface area contributed by atoms with Crippen LogP contribution in [0.3, 0.4) is 0 Å². The van der Waals surface area contributed by atoms with Crippen LogP contribution < -0.4 is 9.47 Å². The first-order valence-corrected chi connectivity index (χ1v) is 12.8. The first kappa shape index (κ1) is 22.8. The van der Waals surface area contributed by atoms with Crippen LogP contribution in [0.25, 0.3) is 0 Å². The van der Waals surface area contributed by atoms with Gasteiger partial charge in [-0.15, -0.1) is 11.3 Å². The Morgan fingerprint density at radius 2 is 1.90 bits per heavy atom. The van der Waals surface area contributed by atoms with Crippen molar-refractivity contribution in [1.29, 1.82) is 0 Å². The molecule has 1 aliphatic heterocycles. The molecule has 0 saturated heterocycles. The second-order valence-electron chi connectivity index (χ2n) is 6.58. The van der Waals surface area contributed by atoms with Crippen LogP contribution in [0.15, 0.2) is 28.1 Å². The minimum atomic E-state index is -3.49. The highest BCUT2D eigenvalue weighted by molar-refractivity contribution is 9.11. The van der Waals surface area contributed by atoms with Gasteiger partial charge in [-0.05, 0) is 60.0 Å². The van der Waals surface area contributed by atoms with Crippen molar-refractivity contribution in [3.8, 4) is 11.5 Å². The van der Waals surface area contributed by atoms with E-state index in [9.17, 15) is 4.57 Å². The van der Waals surface area contributed by atoms with Crippen molar-refractivity contribution in [1.82, 2.24) is 4.90 Å². The van der Waals surface area contributed by atoms with E-state index >= 15 is 0 Å². The van der Waals surface area contributed by atoms with E-state index < -0.39 is 13.4 Å². The van der Waals surface area contributed by atoms with Gasteiger partial charge >= 0.3 is 7.60 Å². The molecule has 0 spiro atoms. The molecule has 0 bridgehead atoms. The van der Waals surface area contributed by atoms with Gasteiger partial charge in [0.2, 0.25) is 0 Å². The largest absolute Gasteiger partial charge is 0.497 e. The topological polar surface area (TPSA) is 57.2 Å². The Hall–Kier alpha value is -0.890. The van der Waals surface area contributed by atoms with Gasteiger partial charge in [0.1, 0.15) is 17.3 Å². The van der Waals surface area contributed by atoms with E-state index in [-0.39, 0.29) is 0 Å². The molecular weight excluding hydrogens is 477 g/mol. The predicted molar refractivity (Wildman–Crippen MR) is 119 cm³/mol. The quantitative estimate of drug-likeness (QED) is 0.400. The summed E-state index contributed by atoms with van der Waals surface area (Å²) in [5.74, 6) is 0.705. The lowest BCUT2D eigenvalue weighted by Gasteiger charge is -2.38. The summed E-state index contributed by atoms with van der Waals surface area (Å²) in [6, 6.07) is 7.69. The summed E-state index contributed by atoms with van der Waals surface area (Å²) in [6.07, 6.45) is 0.888. The molecule has 0 aliphatic carbocycles. The van der Waals surface area contributed by atoms with E-state index in [1.807, 2.05) is 26.0 Å². The zero-order chi connectivity index (χ0) is 21.0. The number of thiophene rings is 1. The summed E-state index contributed by atoms with van der Waals surface area (Å²) in [5, 5.41) is 0. The van der Waals surface area contributed by atoms with Crippen molar-refractivity contribution in [2.75, 3.05) is 34.0 Å². The lowest BCUT2D eigenvalue weighted by Crippen LogP contribution is -2.34. The normalized spacial score (nSPS) is 15.8. The summed E-state index contributed by atoms with van der Waals surface area (Å²) in [5.41, 5.74) is 2.02. The van der Waals surface area contributed by atoms with E-state index in [0.29, 0.717) is 31.3 Å².